The van der Waals surface area contributed by atoms with E-state index in [0.717, 1.165) is 23.4 Å². The number of likely N-dealkylation sites (N-methyl/N-ethyl adjacent to an activating group) is 1. The highest BCUT2D eigenvalue weighted by atomic mass is 16.3. The van der Waals surface area contributed by atoms with Crippen LogP contribution in [0.4, 0.5) is 0 Å². The molecule has 1 aromatic heterocycles. The van der Waals surface area contributed by atoms with Crippen molar-refractivity contribution < 1.29 is 5.11 Å². The van der Waals surface area contributed by atoms with Gasteiger partial charge in [-0.1, -0.05) is 12.1 Å². The van der Waals surface area contributed by atoms with E-state index in [1.165, 1.54) is 0 Å². The molecule has 0 bridgehead atoms. The summed E-state index contributed by atoms with van der Waals surface area (Å²) in [6.07, 6.45) is 0. The van der Waals surface area contributed by atoms with Crippen LogP contribution in [0.15, 0.2) is 24.3 Å². The number of hydrogen-bond acceptors (Lipinski definition) is 3. The lowest BCUT2D eigenvalue weighted by Crippen LogP contribution is -2.22. The van der Waals surface area contributed by atoms with E-state index in [1.807, 2.05) is 36.2 Å². The van der Waals surface area contributed by atoms with Crippen molar-refractivity contribution >= 4 is 11.0 Å². The number of nitrogens with one attached hydrogen (secondary N) is 1. The molecule has 80 valence electrons. The fourth-order valence-corrected chi connectivity index (χ4v) is 1.59. The lowest BCUT2D eigenvalue weighted by Gasteiger charge is -2.12. The molecular weight excluding hydrogens is 190 g/mol. The highest BCUT2D eigenvalue weighted by molar-refractivity contribution is 5.74. The Balaban J connectivity index is 2.15. The average molecular weight is 205 g/mol. The van der Waals surface area contributed by atoms with Gasteiger partial charge in [0, 0.05) is 6.54 Å². The topological polar surface area (TPSA) is 52.1 Å². The minimum absolute atomic E-state index is 0.177. The van der Waals surface area contributed by atoms with Crippen LogP contribution in [0.5, 0.6) is 0 Å². The van der Waals surface area contributed by atoms with Crippen LogP contribution in [0.2, 0.25) is 0 Å². The number of aliphatic hydroxyl groups excluding tert-OH is 1. The normalized spacial score (nSPS) is 11.4. The Hall–Kier alpha value is -1.39. The fourth-order valence-electron chi connectivity index (χ4n) is 1.59. The third-order valence-electron chi connectivity index (χ3n) is 2.34. The Labute approximate surface area is 88.6 Å². The molecule has 1 aromatic carbocycles. The number of H-pyrrole nitrogens is 1. The van der Waals surface area contributed by atoms with E-state index in [9.17, 15) is 0 Å². The molecule has 1 heterocycles. The van der Waals surface area contributed by atoms with Gasteiger partial charge in [0.05, 0.1) is 24.2 Å². The second-order valence-electron chi connectivity index (χ2n) is 3.66. The van der Waals surface area contributed by atoms with Crippen LogP contribution in [0.3, 0.4) is 0 Å². The first kappa shape index (κ1) is 10.1. The fraction of sp³-hybridized carbons (Fsp3) is 0.364. The van der Waals surface area contributed by atoms with Gasteiger partial charge in [0.15, 0.2) is 0 Å². The van der Waals surface area contributed by atoms with E-state index in [2.05, 4.69) is 9.97 Å². The number of hydrogen-bond donors (Lipinski definition) is 2. The van der Waals surface area contributed by atoms with Gasteiger partial charge < -0.3 is 10.1 Å². The number of aliphatic hydroxyl groups is 1. The van der Waals surface area contributed by atoms with Crippen molar-refractivity contribution in [2.24, 2.45) is 0 Å². The lowest BCUT2D eigenvalue weighted by atomic mass is 10.3. The summed E-state index contributed by atoms with van der Waals surface area (Å²) >= 11 is 0. The van der Waals surface area contributed by atoms with Crippen molar-refractivity contribution in [1.29, 1.82) is 0 Å². The van der Waals surface area contributed by atoms with E-state index < -0.39 is 0 Å². The number of nitrogens with zero attached hydrogens (tertiary/aromatic N) is 2. The van der Waals surface area contributed by atoms with Crippen LogP contribution in [0.25, 0.3) is 11.0 Å². The van der Waals surface area contributed by atoms with Crippen molar-refractivity contribution in [3.63, 3.8) is 0 Å². The zero-order valence-corrected chi connectivity index (χ0v) is 8.77. The van der Waals surface area contributed by atoms with Crippen LogP contribution in [-0.2, 0) is 6.54 Å². The van der Waals surface area contributed by atoms with Crippen molar-refractivity contribution in [3.8, 4) is 0 Å². The molecule has 2 N–H and O–H groups in total. The summed E-state index contributed by atoms with van der Waals surface area (Å²) in [6, 6.07) is 7.96. The number of rotatable bonds is 4. The Morgan fingerprint density at radius 2 is 2.20 bits per heavy atom. The molecule has 0 amide bonds. The quantitative estimate of drug-likeness (QED) is 0.782. The number of para-hydroxylation sites is 2. The smallest absolute Gasteiger partial charge is 0.121 e. The second-order valence-corrected chi connectivity index (χ2v) is 3.66. The number of benzene rings is 1. The zero-order chi connectivity index (χ0) is 10.7. The van der Waals surface area contributed by atoms with Gasteiger partial charge in [-0.3, -0.25) is 4.90 Å². The van der Waals surface area contributed by atoms with Gasteiger partial charge >= 0.3 is 0 Å². The van der Waals surface area contributed by atoms with Crippen LogP contribution in [0.1, 0.15) is 5.82 Å². The molecule has 2 rings (SSSR count). The Kier molecular flexibility index (Phi) is 2.99. The Morgan fingerprint density at radius 3 is 2.93 bits per heavy atom. The summed E-state index contributed by atoms with van der Waals surface area (Å²) in [5, 5.41) is 8.78. The molecule has 4 heteroatoms. The maximum Gasteiger partial charge on any atom is 0.121 e. The van der Waals surface area contributed by atoms with E-state index in [1.54, 1.807) is 0 Å². The van der Waals surface area contributed by atoms with Crippen LogP contribution < -0.4 is 0 Å². The van der Waals surface area contributed by atoms with Crippen molar-refractivity contribution in [2.75, 3.05) is 20.2 Å². The predicted octanol–water partition coefficient (Wildman–Crippen LogP) is 0.987. The van der Waals surface area contributed by atoms with Gasteiger partial charge in [-0.2, -0.15) is 0 Å². The summed E-state index contributed by atoms with van der Waals surface area (Å²) < 4.78 is 0. The van der Waals surface area contributed by atoms with Crippen LogP contribution >= 0.6 is 0 Å². The van der Waals surface area contributed by atoms with Gasteiger partial charge in [-0.15, -0.1) is 0 Å². The van der Waals surface area contributed by atoms with E-state index >= 15 is 0 Å². The minimum atomic E-state index is 0.177. The molecular formula is C11H15N3O. The zero-order valence-electron chi connectivity index (χ0n) is 8.77. The molecule has 0 spiro atoms. The summed E-state index contributed by atoms with van der Waals surface area (Å²) in [7, 11) is 1.96. The first-order valence-electron chi connectivity index (χ1n) is 5.02. The Morgan fingerprint density at radius 1 is 1.40 bits per heavy atom. The third kappa shape index (κ3) is 2.34. The van der Waals surface area contributed by atoms with Gasteiger partial charge in [-0.05, 0) is 19.2 Å². The van der Waals surface area contributed by atoms with Gasteiger partial charge in [-0.25, -0.2) is 4.98 Å². The molecule has 0 aliphatic carbocycles. The van der Waals surface area contributed by atoms with Gasteiger partial charge in [0.1, 0.15) is 5.82 Å². The van der Waals surface area contributed by atoms with Crippen LogP contribution in [-0.4, -0.2) is 40.2 Å². The first-order chi connectivity index (χ1) is 7.29. The highest BCUT2D eigenvalue weighted by Gasteiger charge is 2.04. The largest absolute Gasteiger partial charge is 0.395 e. The standard InChI is InChI=1S/C11H15N3O/c1-14(6-7-15)8-11-12-9-4-2-3-5-10(9)13-11/h2-5,15H,6-8H2,1H3,(H,12,13). The summed E-state index contributed by atoms with van der Waals surface area (Å²) in [4.78, 5) is 9.73. The monoisotopic (exact) mass is 205 g/mol. The first-order valence-corrected chi connectivity index (χ1v) is 5.02. The molecule has 0 saturated heterocycles. The molecule has 2 aromatic rings. The van der Waals surface area contributed by atoms with Crippen LogP contribution in [0, 0.1) is 0 Å². The number of imidazole rings is 1. The molecule has 0 radical (unpaired) electrons. The molecule has 15 heavy (non-hydrogen) atoms. The number of aromatic amines is 1. The van der Waals surface area contributed by atoms with Crippen molar-refractivity contribution in [1.82, 2.24) is 14.9 Å². The van der Waals surface area contributed by atoms with E-state index in [0.29, 0.717) is 6.54 Å². The Bertz CT molecular complexity index is 405. The summed E-state index contributed by atoms with van der Waals surface area (Å²) in [5.41, 5.74) is 2.05. The predicted molar refractivity (Wildman–Crippen MR) is 59.5 cm³/mol. The molecule has 0 fully saturated rings. The summed E-state index contributed by atoms with van der Waals surface area (Å²) in [6.45, 7) is 1.57. The summed E-state index contributed by atoms with van der Waals surface area (Å²) in [5.74, 6) is 0.937. The average Bonchev–Trinajstić information content (AvgIpc) is 2.59. The van der Waals surface area contributed by atoms with E-state index in [-0.39, 0.29) is 6.61 Å². The second kappa shape index (κ2) is 4.42. The van der Waals surface area contributed by atoms with Crippen molar-refractivity contribution in [3.05, 3.63) is 30.1 Å². The molecule has 0 aliphatic rings. The van der Waals surface area contributed by atoms with Gasteiger partial charge in [0.2, 0.25) is 0 Å². The third-order valence-corrected chi connectivity index (χ3v) is 2.34. The molecule has 0 atom stereocenters. The molecule has 0 unspecified atom stereocenters. The SMILES string of the molecule is CN(CCO)Cc1nc2ccccc2[nH]1. The number of aromatic nitrogens is 2. The van der Waals surface area contributed by atoms with Gasteiger partial charge in [0.25, 0.3) is 0 Å². The molecule has 0 saturated carbocycles. The highest BCUT2D eigenvalue weighted by Crippen LogP contribution is 2.10. The minimum Gasteiger partial charge on any atom is -0.395 e. The molecule has 0 aliphatic heterocycles. The maximum atomic E-state index is 8.78. The lowest BCUT2D eigenvalue weighted by molar-refractivity contribution is 0.215. The number of fused-ring (bicyclic) bond motifs is 1. The maximum absolute atomic E-state index is 8.78. The van der Waals surface area contributed by atoms with E-state index in [4.69, 9.17) is 5.11 Å². The van der Waals surface area contributed by atoms with Crippen molar-refractivity contribution in [2.45, 2.75) is 6.54 Å². The molecule has 4 nitrogen and oxygen atoms in total.